The lowest BCUT2D eigenvalue weighted by Gasteiger charge is -2.38. The van der Waals surface area contributed by atoms with E-state index < -0.39 is 34.0 Å². The molecule has 0 saturated carbocycles. The van der Waals surface area contributed by atoms with Gasteiger partial charge in [0, 0.05) is 25.6 Å². The monoisotopic (exact) mass is 550 g/mol. The minimum atomic E-state index is -3.98. The molecule has 38 heavy (non-hydrogen) atoms. The minimum absolute atomic E-state index is 0.0706. The lowest BCUT2D eigenvalue weighted by molar-refractivity contribution is 0.0389. The third kappa shape index (κ3) is 6.61. The van der Waals surface area contributed by atoms with Gasteiger partial charge in [-0.2, -0.15) is 4.31 Å². The third-order valence-corrected chi connectivity index (χ3v) is 8.16. The summed E-state index contributed by atoms with van der Waals surface area (Å²) in [5.41, 5.74) is 0.419. The summed E-state index contributed by atoms with van der Waals surface area (Å²) in [7, 11) is -2.58. The van der Waals surface area contributed by atoms with Gasteiger partial charge in [0.25, 0.3) is 5.91 Å². The van der Waals surface area contributed by atoms with E-state index >= 15 is 0 Å². The largest absolute Gasteiger partial charge is 0.486 e. The van der Waals surface area contributed by atoms with Crippen molar-refractivity contribution >= 4 is 27.6 Å². The Balaban J connectivity index is 2.02. The number of fused-ring (bicyclic) bond motifs is 1. The first kappa shape index (κ1) is 29.3. The minimum Gasteiger partial charge on any atom is -0.486 e. The van der Waals surface area contributed by atoms with Crippen molar-refractivity contribution < 1.29 is 32.2 Å². The van der Waals surface area contributed by atoms with E-state index in [9.17, 15) is 27.5 Å². The van der Waals surface area contributed by atoms with Gasteiger partial charge in [0.1, 0.15) is 11.9 Å². The second kappa shape index (κ2) is 12.1. The number of carbonyl (C=O) groups is 2. The van der Waals surface area contributed by atoms with Crippen LogP contribution in [0, 0.1) is 11.7 Å². The molecule has 208 valence electrons. The Labute approximate surface area is 222 Å². The van der Waals surface area contributed by atoms with E-state index in [1.165, 1.54) is 24.1 Å². The quantitative estimate of drug-likeness (QED) is 0.464. The zero-order chi connectivity index (χ0) is 28.2. The molecule has 0 aromatic heterocycles. The van der Waals surface area contributed by atoms with Crippen molar-refractivity contribution in [3.63, 3.8) is 0 Å². The zero-order valence-electron chi connectivity index (χ0n) is 22.1. The number of amides is 3. The SMILES string of the molecule is CC(C)NC(=O)Nc1cccc2c1O[C@@H](CN(C)S(=O)(=O)c1ccc(F)cc1)[C@H](C)CN([C@H](C)CO)C2=O. The van der Waals surface area contributed by atoms with Crippen molar-refractivity contribution in [1.82, 2.24) is 14.5 Å². The van der Waals surface area contributed by atoms with Gasteiger partial charge in [0.05, 0.1) is 35.3 Å². The predicted molar refractivity (Wildman–Crippen MR) is 141 cm³/mol. The molecule has 1 aliphatic heterocycles. The number of rotatable bonds is 8. The molecule has 3 atom stereocenters. The summed E-state index contributed by atoms with van der Waals surface area (Å²) in [5.74, 6) is -1.20. The van der Waals surface area contributed by atoms with Crippen LogP contribution in [0.15, 0.2) is 47.4 Å². The molecule has 2 aromatic carbocycles. The second-order valence-corrected chi connectivity index (χ2v) is 11.8. The molecule has 0 bridgehead atoms. The molecule has 0 spiro atoms. The first-order chi connectivity index (χ1) is 17.8. The highest BCUT2D eigenvalue weighted by Gasteiger charge is 2.36. The fraction of sp³-hybridized carbons (Fsp3) is 0.462. The van der Waals surface area contributed by atoms with Gasteiger partial charge in [-0.25, -0.2) is 17.6 Å². The number of likely N-dealkylation sites (N-methyl/N-ethyl adjacent to an activating group) is 1. The fourth-order valence-corrected chi connectivity index (χ4v) is 5.30. The number of carbonyl (C=O) groups excluding carboxylic acids is 2. The summed E-state index contributed by atoms with van der Waals surface area (Å²) in [6.45, 7) is 6.97. The lowest BCUT2D eigenvalue weighted by atomic mass is 9.99. The maximum Gasteiger partial charge on any atom is 0.319 e. The van der Waals surface area contributed by atoms with Crippen LogP contribution in [0.4, 0.5) is 14.9 Å². The summed E-state index contributed by atoms with van der Waals surface area (Å²) in [6, 6.07) is 8.15. The molecule has 0 aliphatic carbocycles. The van der Waals surface area contributed by atoms with Gasteiger partial charge in [-0.3, -0.25) is 4.79 Å². The summed E-state index contributed by atoms with van der Waals surface area (Å²) < 4.78 is 47.2. The van der Waals surface area contributed by atoms with E-state index in [4.69, 9.17) is 4.74 Å². The number of para-hydroxylation sites is 1. The Morgan fingerprint density at radius 1 is 1.21 bits per heavy atom. The summed E-state index contributed by atoms with van der Waals surface area (Å²) in [6.07, 6.45) is -0.744. The molecule has 1 aliphatic rings. The molecule has 0 unspecified atom stereocenters. The number of nitrogens with zero attached hydrogens (tertiary/aromatic N) is 2. The van der Waals surface area contributed by atoms with E-state index in [-0.39, 0.29) is 59.5 Å². The molecule has 3 amide bonds. The van der Waals surface area contributed by atoms with Crippen LogP contribution in [-0.2, 0) is 10.0 Å². The first-order valence-electron chi connectivity index (χ1n) is 12.4. The van der Waals surface area contributed by atoms with E-state index in [1.54, 1.807) is 39.0 Å². The molecular formula is C26H35FN4O6S. The Morgan fingerprint density at radius 2 is 1.87 bits per heavy atom. The number of sulfonamides is 1. The number of aliphatic hydroxyl groups excluding tert-OH is 1. The highest BCUT2D eigenvalue weighted by Crippen LogP contribution is 2.35. The van der Waals surface area contributed by atoms with Crippen molar-refractivity contribution in [1.29, 1.82) is 0 Å². The standard InChI is InChI=1S/C26H35FN4O6S/c1-16(2)28-26(34)29-22-8-6-7-21-24(22)37-23(17(3)13-31(25(21)33)18(4)15-32)14-30(5)38(35,36)20-11-9-19(27)10-12-20/h6-12,16-18,23,32H,13-15H2,1-5H3,(H2,28,29,34)/t17-,18-,23+/m1/s1. The molecule has 12 heteroatoms. The number of ether oxygens (including phenoxy) is 1. The van der Waals surface area contributed by atoms with Gasteiger partial charge in [0.15, 0.2) is 5.75 Å². The Morgan fingerprint density at radius 3 is 2.47 bits per heavy atom. The molecular weight excluding hydrogens is 515 g/mol. The number of halogens is 1. The van der Waals surface area contributed by atoms with Crippen LogP contribution in [0.3, 0.4) is 0 Å². The molecule has 10 nitrogen and oxygen atoms in total. The average molecular weight is 551 g/mol. The Hall–Kier alpha value is -3.22. The summed E-state index contributed by atoms with van der Waals surface area (Å²) >= 11 is 0. The topological polar surface area (TPSA) is 128 Å². The predicted octanol–water partition coefficient (Wildman–Crippen LogP) is 2.90. The number of nitrogens with one attached hydrogen (secondary N) is 2. The molecule has 0 radical (unpaired) electrons. The maximum absolute atomic E-state index is 13.5. The van der Waals surface area contributed by atoms with Gasteiger partial charge >= 0.3 is 6.03 Å². The van der Waals surface area contributed by atoms with E-state index in [1.807, 2.05) is 6.92 Å². The van der Waals surface area contributed by atoms with Gasteiger partial charge in [-0.05, 0) is 57.2 Å². The molecule has 3 N–H and O–H groups in total. The zero-order valence-corrected chi connectivity index (χ0v) is 23.0. The molecule has 3 rings (SSSR count). The van der Waals surface area contributed by atoms with Crippen molar-refractivity contribution in [2.45, 2.75) is 50.8 Å². The number of hydrogen-bond acceptors (Lipinski definition) is 6. The number of aliphatic hydroxyl groups is 1. The second-order valence-electron chi connectivity index (χ2n) is 9.80. The van der Waals surface area contributed by atoms with Gasteiger partial charge in [0.2, 0.25) is 10.0 Å². The molecule has 0 fully saturated rings. The third-order valence-electron chi connectivity index (χ3n) is 6.32. The normalized spacial score (nSPS) is 18.9. The lowest BCUT2D eigenvalue weighted by Crippen LogP contribution is -2.50. The smallest absolute Gasteiger partial charge is 0.319 e. The Kier molecular flexibility index (Phi) is 9.34. The maximum atomic E-state index is 13.5. The van der Waals surface area contributed by atoms with E-state index in [0.29, 0.717) is 0 Å². The number of anilines is 1. The van der Waals surface area contributed by atoms with Crippen molar-refractivity contribution in [2.75, 3.05) is 32.1 Å². The van der Waals surface area contributed by atoms with Crippen LogP contribution in [0.25, 0.3) is 0 Å². The summed E-state index contributed by atoms with van der Waals surface area (Å²) in [4.78, 5) is 27.4. The highest BCUT2D eigenvalue weighted by molar-refractivity contribution is 7.89. The van der Waals surface area contributed by atoms with Gasteiger partial charge < -0.3 is 25.4 Å². The van der Waals surface area contributed by atoms with Crippen LogP contribution in [0.1, 0.15) is 38.1 Å². The van der Waals surface area contributed by atoms with Crippen molar-refractivity contribution in [3.05, 3.63) is 53.8 Å². The molecule has 2 aromatic rings. The molecule has 1 heterocycles. The van der Waals surface area contributed by atoms with Crippen LogP contribution in [0.5, 0.6) is 5.75 Å². The number of hydrogen-bond donors (Lipinski definition) is 3. The van der Waals surface area contributed by atoms with Crippen LogP contribution in [0.2, 0.25) is 0 Å². The van der Waals surface area contributed by atoms with Gasteiger partial charge in [-0.15, -0.1) is 0 Å². The van der Waals surface area contributed by atoms with Crippen molar-refractivity contribution in [2.24, 2.45) is 5.92 Å². The summed E-state index contributed by atoms with van der Waals surface area (Å²) in [5, 5.41) is 15.3. The average Bonchev–Trinajstić information content (AvgIpc) is 2.85. The van der Waals surface area contributed by atoms with E-state index in [0.717, 1.165) is 16.4 Å². The van der Waals surface area contributed by atoms with Crippen LogP contribution >= 0.6 is 0 Å². The Bertz CT molecular complexity index is 1250. The van der Waals surface area contributed by atoms with Crippen LogP contribution < -0.4 is 15.4 Å². The fourth-order valence-electron chi connectivity index (χ4n) is 4.12. The van der Waals surface area contributed by atoms with E-state index in [2.05, 4.69) is 10.6 Å². The van der Waals surface area contributed by atoms with Crippen LogP contribution in [-0.4, -0.2) is 79.6 Å². The number of benzene rings is 2. The molecule has 0 saturated heterocycles. The number of urea groups is 1. The van der Waals surface area contributed by atoms with Gasteiger partial charge in [-0.1, -0.05) is 13.0 Å². The first-order valence-corrected chi connectivity index (χ1v) is 13.8. The highest BCUT2D eigenvalue weighted by atomic mass is 32.2. The van der Waals surface area contributed by atoms with Crippen molar-refractivity contribution in [3.8, 4) is 5.75 Å².